The van der Waals surface area contributed by atoms with Gasteiger partial charge in [-0.3, -0.25) is 20.4 Å². The van der Waals surface area contributed by atoms with Crippen molar-refractivity contribution in [3.8, 4) is 11.4 Å². The van der Waals surface area contributed by atoms with E-state index < -0.39 is 11.8 Å². The number of rotatable bonds is 3. The Morgan fingerprint density at radius 1 is 1.08 bits per heavy atom. The summed E-state index contributed by atoms with van der Waals surface area (Å²) in [5, 5.41) is 14.2. The van der Waals surface area contributed by atoms with Crippen LogP contribution in [0.4, 0.5) is 0 Å². The summed E-state index contributed by atoms with van der Waals surface area (Å²) in [6, 6.07) is 10.8. The second-order valence-corrected chi connectivity index (χ2v) is 6.02. The zero-order valence-corrected chi connectivity index (χ0v) is 14.5. The van der Waals surface area contributed by atoms with Crippen molar-refractivity contribution in [1.29, 1.82) is 0 Å². The van der Waals surface area contributed by atoms with Crippen LogP contribution < -0.4 is 10.9 Å². The van der Waals surface area contributed by atoms with Crippen molar-refractivity contribution in [3.05, 3.63) is 76.6 Å². The third-order valence-corrected chi connectivity index (χ3v) is 3.83. The molecule has 0 unspecified atom stereocenters. The van der Waals surface area contributed by atoms with Gasteiger partial charge in [0.1, 0.15) is 5.75 Å². The van der Waals surface area contributed by atoms with Crippen LogP contribution >= 0.6 is 11.6 Å². The minimum atomic E-state index is -0.679. The van der Waals surface area contributed by atoms with Crippen LogP contribution in [0.1, 0.15) is 26.3 Å². The number of hydrogen-bond acceptors (Lipinski definition) is 4. The first-order chi connectivity index (χ1) is 12.4. The van der Waals surface area contributed by atoms with Crippen LogP contribution in [-0.4, -0.2) is 26.7 Å². The molecular weight excluding hydrogens is 356 g/mol. The van der Waals surface area contributed by atoms with Gasteiger partial charge in [0.25, 0.3) is 11.8 Å². The highest BCUT2D eigenvalue weighted by Gasteiger charge is 2.13. The van der Waals surface area contributed by atoms with Crippen molar-refractivity contribution in [2.24, 2.45) is 0 Å². The lowest BCUT2D eigenvalue weighted by molar-refractivity contribution is 0.0845. The zero-order chi connectivity index (χ0) is 18.7. The van der Waals surface area contributed by atoms with Gasteiger partial charge in [0.05, 0.1) is 17.4 Å². The van der Waals surface area contributed by atoms with E-state index in [9.17, 15) is 14.7 Å². The van der Waals surface area contributed by atoms with Gasteiger partial charge in [0, 0.05) is 16.8 Å². The zero-order valence-electron chi connectivity index (χ0n) is 13.7. The Labute approximate surface area is 154 Å². The number of amides is 2. The van der Waals surface area contributed by atoms with E-state index in [1.807, 2.05) is 13.1 Å². The van der Waals surface area contributed by atoms with Gasteiger partial charge in [-0.25, -0.2) is 4.68 Å². The lowest BCUT2D eigenvalue weighted by atomic mass is 10.2. The number of phenols is 1. The molecule has 8 heteroatoms. The molecule has 2 amide bonds. The minimum absolute atomic E-state index is 0.0396. The van der Waals surface area contributed by atoms with E-state index >= 15 is 0 Å². The minimum Gasteiger partial charge on any atom is -0.507 e. The molecule has 0 radical (unpaired) electrons. The SMILES string of the molecule is Cc1cnn(-c2ccc(C(=O)NNC(=O)c3cc(Cl)ccc3O)cc2)c1. The van der Waals surface area contributed by atoms with Gasteiger partial charge in [0.2, 0.25) is 0 Å². The van der Waals surface area contributed by atoms with Gasteiger partial charge in [-0.15, -0.1) is 0 Å². The number of hydrazine groups is 1. The number of aryl methyl sites for hydroxylation is 1. The van der Waals surface area contributed by atoms with Crippen LogP contribution in [0.25, 0.3) is 5.69 Å². The molecular formula is C18H15ClN4O3. The lowest BCUT2D eigenvalue weighted by Crippen LogP contribution is -2.41. The predicted molar refractivity (Wildman–Crippen MR) is 96.4 cm³/mol. The summed E-state index contributed by atoms with van der Waals surface area (Å²) in [7, 11) is 0. The molecule has 26 heavy (non-hydrogen) atoms. The van der Waals surface area contributed by atoms with Gasteiger partial charge in [-0.2, -0.15) is 5.10 Å². The number of aromatic hydroxyl groups is 1. The summed E-state index contributed by atoms with van der Waals surface area (Å²) >= 11 is 5.80. The third kappa shape index (κ3) is 3.84. The molecule has 7 nitrogen and oxygen atoms in total. The van der Waals surface area contributed by atoms with Crippen molar-refractivity contribution < 1.29 is 14.7 Å². The number of hydrogen-bond donors (Lipinski definition) is 3. The lowest BCUT2D eigenvalue weighted by Gasteiger charge is -2.09. The standard InChI is InChI=1S/C18H15ClN4O3/c1-11-9-20-23(10-11)14-5-2-12(3-6-14)17(25)21-22-18(26)15-8-13(19)4-7-16(15)24/h2-10,24H,1H3,(H,21,25)(H,22,26). The Morgan fingerprint density at radius 3 is 2.42 bits per heavy atom. The van der Waals surface area contributed by atoms with Crippen molar-refractivity contribution in [2.45, 2.75) is 6.92 Å². The molecule has 0 saturated carbocycles. The molecule has 0 aliphatic rings. The van der Waals surface area contributed by atoms with Crippen LogP contribution in [0, 0.1) is 6.92 Å². The molecule has 132 valence electrons. The molecule has 0 atom stereocenters. The number of nitrogens with one attached hydrogen (secondary N) is 2. The largest absolute Gasteiger partial charge is 0.507 e. The first-order valence-electron chi connectivity index (χ1n) is 7.65. The molecule has 3 rings (SSSR count). The molecule has 0 saturated heterocycles. The molecule has 1 aromatic heterocycles. The van der Waals surface area contributed by atoms with Crippen molar-refractivity contribution in [2.75, 3.05) is 0 Å². The summed E-state index contributed by atoms with van der Waals surface area (Å²) in [4.78, 5) is 24.2. The number of carbonyl (C=O) groups excluding carboxylic acids is 2. The van der Waals surface area contributed by atoms with E-state index in [4.69, 9.17) is 11.6 Å². The number of benzene rings is 2. The van der Waals surface area contributed by atoms with Gasteiger partial charge >= 0.3 is 0 Å². The Bertz CT molecular complexity index is 967. The number of aromatic nitrogens is 2. The van der Waals surface area contributed by atoms with Crippen molar-refractivity contribution >= 4 is 23.4 Å². The second kappa shape index (κ2) is 7.28. The van der Waals surface area contributed by atoms with Crippen LogP contribution in [-0.2, 0) is 0 Å². The topological polar surface area (TPSA) is 96.3 Å². The molecule has 1 heterocycles. The fourth-order valence-corrected chi connectivity index (χ4v) is 2.43. The monoisotopic (exact) mass is 370 g/mol. The van der Waals surface area contributed by atoms with E-state index in [2.05, 4.69) is 16.0 Å². The first kappa shape index (κ1) is 17.5. The summed E-state index contributed by atoms with van der Waals surface area (Å²) in [5.74, 6) is -1.41. The Kier molecular flexibility index (Phi) is 4.90. The third-order valence-electron chi connectivity index (χ3n) is 3.60. The Hall–Kier alpha value is -3.32. The molecule has 2 aromatic carbocycles. The summed E-state index contributed by atoms with van der Waals surface area (Å²) in [6.45, 7) is 1.94. The van der Waals surface area contributed by atoms with E-state index in [1.54, 1.807) is 35.1 Å². The second-order valence-electron chi connectivity index (χ2n) is 5.58. The average molecular weight is 371 g/mol. The summed E-state index contributed by atoms with van der Waals surface area (Å²) < 4.78 is 1.70. The first-order valence-corrected chi connectivity index (χ1v) is 8.03. The van der Waals surface area contributed by atoms with Crippen LogP contribution in [0.5, 0.6) is 5.75 Å². The predicted octanol–water partition coefficient (Wildman–Crippen LogP) is 2.61. The quantitative estimate of drug-likeness (QED) is 0.617. The van der Waals surface area contributed by atoms with Gasteiger partial charge in [0.15, 0.2) is 0 Å². The maximum absolute atomic E-state index is 12.1. The summed E-state index contributed by atoms with van der Waals surface area (Å²) in [6.07, 6.45) is 3.61. The van der Waals surface area contributed by atoms with Gasteiger partial charge < -0.3 is 5.11 Å². The van der Waals surface area contributed by atoms with E-state index in [1.165, 1.54) is 18.2 Å². The Balaban J connectivity index is 1.64. The van der Waals surface area contributed by atoms with Crippen LogP contribution in [0.3, 0.4) is 0 Å². The molecule has 0 bridgehead atoms. The summed E-state index contributed by atoms with van der Waals surface area (Å²) in [5.41, 5.74) is 6.68. The maximum Gasteiger partial charge on any atom is 0.273 e. The van der Waals surface area contributed by atoms with Crippen molar-refractivity contribution in [3.63, 3.8) is 0 Å². The highest BCUT2D eigenvalue weighted by atomic mass is 35.5. The average Bonchev–Trinajstić information content (AvgIpc) is 3.08. The molecule has 0 aliphatic carbocycles. The van der Waals surface area contributed by atoms with Gasteiger partial charge in [-0.05, 0) is 55.0 Å². The maximum atomic E-state index is 12.1. The van der Waals surface area contributed by atoms with E-state index in [0.717, 1.165) is 11.3 Å². The highest BCUT2D eigenvalue weighted by molar-refractivity contribution is 6.31. The molecule has 0 spiro atoms. The number of phenolic OH excluding ortho intramolecular Hbond substituents is 1. The normalized spacial score (nSPS) is 10.4. The van der Waals surface area contributed by atoms with Crippen molar-refractivity contribution in [1.82, 2.24) is 20.6 Å². The fourth-order valence-electron chi connectivity index (χ4n) is 2.26. The fraction of sp³-hybridized carbons (Fsp3) is 0.0556. The Morgan fingerprint density at radius 2 is 1.77 bits per heavy atom. The smallest absolute Gasteiger partial charge is 0.273 e. The molecule has 0 aliphatic heterocycles. The van der Waals surface area contributed by atoms with Crippen LogP contribution in [0.15, 0.2) is 54.9 Å². The van der Waals surface area contributed by atoms with E-state index in [0.29, 0.717) is 10.6 Å². The van der Waals surface area contributed by atoms with Gasteiger partial charge in [-0.1, -0.05) is 11.6 Å². The van der Waals surface area contributed by atoms with Crippen LogP contribution in [0.2, 0.25) is 5.02 Å². The highest BCUT2D eigenvalue weighted by Crippen LogP contribution is 2.21. The van der Waals surface area contributed by atoms with E-state index in [-0.39, 0.29) is 11.3 Å². The number of nitrogens with zero attached hydrogens (tertiary/aromatic N) is 2. The molecule has 0 fully saturated rings. The molecule has 3 N–H and O–H groups in total. The molecule has 3 aromatic rings. The number of halogens is 1. The number of carbonyl (C=O) groups is 2.